The van der Waals surface area contributed by atoms with Gasteiger partial charge in [-0.1, -0.05) is 11.6 Å². The van der Waals surface area contributed by atoms with Crippen LogP contribution < -0.4 is 14.8 Å². The van der Waals surface area contributed by atoms with E-state index in [-0.39, 0.29) is 42.6 Å². The minimum absolute atomic E-state index is 0.00862. The average molecular weight is 489 g/mol. The highest BCUT2D eigenvalue weighted by Gasteiger charge is 2.32. The molecule has 1 saturated heterocycles. The van der Waals surface area contributed by atoms with Crippen molar-refractivity contribution in [3.63, 3.8) is 0 Å². The summed E-state index contributed by atoms with van der Waals surface area (Å²) in [5, 5.41) is 14.7. The molecule has 0 saturated carbocycles. The molecule has 1 aromatic heterocycles. The van der Waals surface area contributed by atoms with Gasteiger partial charge in [-0.25, -0.2) is 4.39 Å². The SMILES string of the molecule is O=C(NC(CN1CCC1)[C@H](O)c1cc(F)c2c(c1)OCCO2)C(=O)c1cc2cc(Cl)ccc2o1. The van der Waals surface area contributed by atoms with Crippen LogP contribution in [0, 0.1) is 5.82 Å². The lowest BCUT2D eigenvalue weighted by molar-refractivity contribution is -0.119. The van der Waals surface area contributed by atoms with Crippen molar-refractivity contribution in [3.05, 3.63) is 58.6 Å². The maximum atomic E-state index is 14.5. The van der Waals surface area contributed by atoms with E-state index in [2.05, 4.69) is 5.32 Å². The van der Waals surface area contributed by atoms with Crippen molar-refractivity contribution in [2.24, 2.45) is 0 Å². The Balaban J connectivity index is 1.37. The minimum Gasteiger partial charge on any atom is -0.486 e. The lowest BCUT2D eigenvalue weighted by Gasteiger charge is -2.36. The summed E-state index contributed by atoms with van der Waals surface area (Å²) in [6, 6.07) is 8.06. The van der Waals surface area contributed by atoms with Crippen LogP contribution in [0.3, 0.4) is 0 Å². The maximum absolute atomic E-state index is 14.5. The maximum Gasteiger partial charge on any atom is 0.296 e. The van der Waals surface area contributed by atoms with E-state index >= 15 is 0 Å². The number of benzene rings is 2. The van der Waals surface area contributed by atoms with Gasteiger partial charge in [-0.3, -0.25) is 9.59 Å². The number of likely N-dealkylation sites (tertiary alicyclic amines) is 1. The number of nitrogens with zero attached hydrogens (tertiary/aromatic N) is 1. The number of fused-ring (bicyclic) bond motifs is 2. The third kappa shape index (κ3) is 4.46. The largest absolute Gasteiger partial charge is 0.486 e. The molecule has 3 heterocycles. The zero-order valence-corrected chi connectivity index (χ0v) is 18.8. The zero-order chi connectivity index (χ0) is 23.8. The van der Waals surface area contributed by atoms with E-state index in [1.165, 1.54) is 12.1 Å². The fourth-order valence-electron chi connectivity index (χ4n) is 4.07. The first-order valence-electron chi connectivity index (χ1n) is 10.9. The zero-order valence-electron chi connectivity index (χ0n) is 18.1. The van der Waals surface area contributed by atoms with Crippen LogP contribution in [0.2, 0.25) is 5.02 Å². The normalized spacial score (nSPS) is 17.1. The predicted octanol–water partition coefficient (Wildman–Crippen LogP) is 3.10. The molecule has 2 aliphatic heterocycles. The molecule has 34 heavy (non-hydrogen) atoms. The first-order valence-corrected chi connectivity index (χ1v) is 11.3. The van der Waals surface area contributed by atoms with E-state index in [0.29, 0.717) is 16.0 Å². The standard InChI is InChI=1S/C24H22ClFN2O6/c25-15-2-3-18-13(8-15)10-19(34-18)22(30)24(31)27-17(12-28-4-1-5-28)21(29)14-9-16(26)23-20(11-14)32-6-7-33-23/h2-3,8-11,17,21,29H,1,4-7,12H2,(H,27,31)/t17?,21-/m1/s1. The first kappa shape index (κ1) is 22.6. The number of rotatable bonds is 7. The van der Waals surface area contributed by atoms with Gasteiger partial charge in [-0.15, -0.1) is 0 Å². The number of carbonyl (C=O) groups is 2. The molecule has 2 aromatic carbocycles. The molecule has 0 bridgehead atoms. The molecule has 3 aromatic rings. The quantitative estimate of drug-likeness (QED) is 0.389. The summed E-state index contributed by atoms with van der Waals surface area (Å²) in [6.45, 7) is 2.37. The fraction of sp³-hybridized carbons (Fsp3) is 0.333. The number of hydrogen-bond donors (Lipinski definition) is 2. The second-order valence-electron chi connectivity index (χ2n) is 8.33. The first-order chi connectivity index (χ1) is 16.4. The van der Waals surface area contributed by atoms with Crippen LogP contribution in [-0.4, -0.2) is 60.6 Å². The Hall–Kier alpha value is -3.14. The lowest BCUT2D eigenvalue weighted by atomic mass is 9.99. The van der Waals surface area contributed by atoms with E-state index < -0.39 is 29.7 Å². The van der Waals surface area contributed by atoms with E-state index in [1.54, 1.807) is 18.2 Å². The number of nitrogens with one attached hydrogen (secondary N) is 1. The highest BCUT2D eigenvalue weighted by molar-refractivity contribution is 6.42. The van der Waals surface area contributed by atoms with Gasteiger partial charge < -0.3 is 29.2 Å². The van der Waals surface area contributed by atoms with Gasteiger partial charge in [-0.2, -0.15) is 0 Å². The molecule has 0 spiro atoms. The van der Waals surface area contributed by atoms with Gasteiger partial charge in [0.1, 0.15) is 24.9 Å². The van der Waals surface area contributed by atoms with Crippen LogP contribution >= 0.6 is 11.6 Å². The smallest absolute Gasteiger partial charge is 0.296 e. The van der Waals surface area contributed by atoms with E-state index in [1.807, 2.05) is 4.90 Å². The Morgan fingerprint density at radius 1 is 1.15 bits per heavy atom. The summed E-state index contributed by atoms with van der Waals surface area (Å²) >= 11 is 5.97. The molecule has 178 valence electrons. The van der Waals surface area contributed by atoms with Crippen LogP contribution in [0.1, 0.15) is 28.6 Å². The van der Waals surface area contributed by atoms with Crippen molar-refractivity contribution in [2.45, 2.75) is 18.6 Å². The second-order valence-corrected chi connectivity index (χ2v) is 8.76. The highest BCUT2D eigenvalue weighted by Crippen LogP contribution is 2.36. The molecule has 10 heteroatoms. The Kier molecular flexibility index (Phi) is 6.16. The van der Waals surface area contributed by atoms with Gasteiger partial charge in [0, 0.05) is 17.0 Å². The third-order valence-corrected chi connectivity index (χ3v) is 6.21. The fourth-order valence-corrected chi connectivity index (χ4v) is 4.25. The van der Waals surface area contributed by atoms with Gasteiger partial charge in [0.15, 0.2) is 23.1 Å². The van der Waals surface area contributed by atoms with Gasteiger partial charge in [0.2, 0.25) is 0 Å². The topological polar surface area (TPSA) is 101 Å². The number of ketones is 1. The molecule has 2 atom stereocenters. The van der Waals surface area contributed by atoms with Crippen LogP contribution in [0.5, 0.6) is 11.5 Å². The molecule has 1 amide bonds. The van der Waals surface area contributed by atoms with Gasteiger partial charge in [-0.05, 0) is 61.5 Å². The van der Waals surface area contributed by atoms with Crippen molar-refractivity contribution in [1.29, 1.82) is 0 Å². The summed E-state index contributed by atoms with van der Waals surface area (Å²) in [4.78, 5) is 27.6. The molecule has 5 rings (SSSR count). The molecule has 2 aliphatic rings. The Labute approximate surface area is 199 Å². The molecule has 2 N–H and O–H groups in total. The van der Waals surface area contributed by atoms with Crippen molar-refractivity contribution in [1.82, 2.24) is 10.2 Å². The Bertz CT molecular complexity index is 1260. The number of aliphatic hydroxyl groups excluding tert-OH is 1. The van der Waals surface area contributed by atoms with Crippen molar-refractivity contribution >= 4 is 34.3 Å². The average Bonchev–Trinajstić information content (AvgIpc) is 3.22. The Morgan fingerprint density at radius 3 is 2.71 bits per heavy atom. The number of halogens is 2. The molecule has 8 nitrogen and oxygen atoms in total. The molecular weight excluding hydrogens is 467 g/mol. The lowest BCUT2D eigenvalue weighted by Crippen LogP contribution is -2.52. The predicted molar refractivity (Wildman–Crippen MR) is 121 cm³/mol. The number of aliphatic hydroxyl groups is 1. The molecule has 0 radical (unpaired) electrons. The molecule has 0 aliphatic carbocycles. The monoisotopic (exact) mass is 488 g/mol. The van der Waals surface area contributed by atoms with E-state index in [9.17, 15) is 19.1 Å². The second kappa shape index (κ2) is 9.25. The highest BCUT2D eigenvalue weighted by atomic mass is 35.5. The van der Waals surface area contributed by atoms with Gasteiger partial charge >= 0.3 is 0 Å². The van der Waals surface area contributed by atoms with Crippen LogP contribution in [0.4, 0.5) is 4.39 Å². The van der Waals surface area contributed by atoms with Crippen molar-refractivity contribution < 1.29 is 33.0 Å². The van der Waals surface area contributed by atoms with E-state index in [0.717, 1.165) is 25.6 Å². The minimum atomic E-state index is -1.29. The van der Waals surface area contributed by atoms with Gasteiger partial charge in [0.25, 0.3) is 11.7 Å². The number of carbonyl (C=O) groups excluding carboxylic acids is 2. The molecular formula is C24H22ClFN2O6. The Morgan fingerprint density at radius 2 is 1.94 bits per heavy atom. The number of hydrogen-bond acceptors (Lipinski definition) is 7. The number of furan rings is 1. The summed E-state index contributed by atoms with van der Waals surface area (Å²) in [6.07, 6.45) is -0.298. The van der Waals surface area contributed by atoms with Crippen LogP contribution in [0.25, 0.3) is 11.0 Å². The number of amides is 1. The van der Waals surface area contributed by atoms with Crippen molar-refractivity contribution in [3.8, 4) is 11.5 Å². The van der Waals surface area contributed by atoms with E-state index in [4.69, 9.17) is 25.5 Å². The summed E-state index contributed by atoms with van der Waals surface area (Å²) < 4.78 is 30.8. The van der Waals surface area contributed by atoms with Crippen LogP contribution in [0.15, 0.2) is 40.8 Å². The van der Waals surface area contributed by atoms with Crippen LogP contribution in [-0.2, 0) is 4.79 Å². The summed E-state index contributed by atoms with van der Waals surface area (Å²) in [5.41, 5.74) is 0.628. The molecule has 1 fully saturated rings. The summed E-state index contributed by atoms with van der Waals surface area (Å²) in [7, 11) is 0. The summed E-state index contributed by atoms with van der Waals surface area (Å²) in [5.74, 6) is -2.46. The molecule has 1 unspecified atom stereocenters. The third-order valence-electron chi connectivity index (χ3n) is 5.97. The number of ether oxygens (including phenoxy) is 2. The van der Waals surface area contributed by atoms with Crippen molar-refractivity contribution in [2.75, 3.05) is 32.8 Å². The number of Topliss-reactive ketones (excluding diaryl/α,β-unsaturated/α-hetero) is 1. The van der Waals surface area contributed by atoms with Gasteiger partial charge in [0.05, 0.1) is 6.04 Å².